The van der Waals surface area contributed by atoms with Crippen LogP contribution >= 0.6 is 11.3 Å². The van der Waals surface area contributed by atoms with Gasteiger partial charge >= 0.3 is 0 Å². The monoisotopic (exact) mass is 328 g/mol. The molecule has 4 nitrogen and oxygen atoms in total. The Bertz CT molecular complexity index is 620. The normalized spacial score (nSPS) is 27.4. The summed E-state index contributed by atoms with van der Waals surface area (Å²) in [5.74, 6) is 0.451. The molecule has 2 unspecified atom stereocenters. The van der Waals surface area contributed by atoms with E-state index in [0.29, 0.717) is 22.7 Å². The molecule has 1 aromatic heterocycles. The highest BCUT2D eigenvalue weighted by atomic mass is 32.2. The highest BCUT2D eigenvalue weighted by molar-refractivity contribution is 7.91. The van der Waals surface area contributed by atoms with Crippen molar-refractivity contribution in [3.05, 3.63) is 16.5 Å². The molecule has 0 amide bonds. The van der Waals surface area contributed by atoms with Crippen LogP contribution in [-0.4, -0.2) is 31.4 Å². The van der Waals surface area contributed by atoms with E-state index in [9.17, 15) is 8.42 Å². The number of hydrogen-bond donors (Lipinski definition) is 1. The lowest BCUT2D eigenvalue weighted by molar-refractivity contribution is 0.407. The van der Waals surface area contributed by atoms with Crippen molar-refractivity contribution in [1.29, 1.82) is 0 Å². The van der Waals surface area contributed by atoms with E-state index in [1.165, 1.54) is 24.2 Å². The Hall–Kier alpha value is -0.430. The molecule has 2 atom stereocenters. The van der Waals surface area contributed by atoms with Gasteiger partial charge in [-0.15, -0.1) is 11.3 Å². The molecule has 1 saturated carbocycles. The summed E-state index contributed by atoms with van der Waals surface area (Å²) in [4.78, 5) is 1.15. The van der Waals surface area contributed by atoms with Crippen molar-refractivity contribution in [2.75, 3.05) is 6.54 Å². The van der Waals surface area contributed by atoms with Crippen LogP contribution in [0, 0.1) is 12.8 Å². The molecule has 1 aliphatic heterocycles. The zero-order valence-corrected chi connectivity index (χ0v) is 14.6. The van der Waals surface area contributed by atoms with Gasteiger partial charge in [-0.1, -0.05) is 6.92 Å². The molecule has 1 aromatic rings. The van der Waals surface area contributed by atoms with Crippen molar-refractivity contribution in [2.45, 2.75) is 62.9 Å². The number of rotatable bonds is 5. The largest absolute Gasteiger partial charge is 0.309 e. The lowest BCUT2D eigenvalue weighted by Gasteiger charge is -2.19. The van der Waals surface area contributed by atoms with Gasteiger partial charge in [0.15, 0.2) is 0 Å². The third-order valence-corrected chi connectivity index (χ3v) is 8.08. The zero-order chi connectivity index (χ0) is 15.2. The molecule has 6 heteroatoms. The van der Waals surface area contributed by atoms with E-state index in [1.807, 2.05) is 19.9 Å². The maximum Gasteiger partial charge on any atom is 0.252 e. The molecule has 0 radical (unpaired) electrons. The fraction of sp³-hybridized carbons (Fsp3) is 0.733. The molecule has 2 fully saturated rings. The van der Waals surface area contributed by atoms with Crippen LogP contribution in [0.2, 0.25) is 0 Å². The first-order chi connectivity index (χ1) is 9.88. The molecule has 0 bridgehead atoms. The van der Waals surface area contributed by atoms with E-state index in [1.54, 1.807) is 4.31 Å². The van der Waals surface area contributed by atoms with Gasteiger partial charge in [0.05, 0.1) is 0 Å². The van der Waals surface area contributed by atoms with Gasteiger partial charge in [-0.2, -0.15) is 4.31 Å². The molecule has 1 aliphatic carbocycles. The number of aryl methyl sites for hydroxylation is 1. The van der Waals surface area contributed by atoms with Gasteiger partial charge < -0.3 is 5.32 Å². The van der Waals surface area contributed by atoms with Gasteiger partial charge in [-0.3, -0.25) is 0 Å². The summed E-state index contributed by atoms with van der Waals surface area (Å²) in [5, 5.41) is 3.47. The minimum Gasteiger partial charge on any atom is -0.309 e. The Morgan fingerprint density at radius 3 is 2.67 bits per heavy atom. The molecule has 21 heavy (non-hydrogen) atoms. The van der Waals surface area contributed by atoms with Gasteiger partial charge in [-0.05, 0) is 50.7 Å². The van der Waals surface area contributed by atoms with E-state index in [2.05, 4.69) is 12.2 Å². The van der Waals surface area contributed by atoms with Crippen LogP contribution in [0.3, 0.4) is 0 Å². The second-order valence-corrected chi connectivity index (χ2v) is 9.85. The second-order valence-electron chi connectivity index (χ2n) is 6.59. The third kappa shape index (κ3) is 3.18. The van der Waals surface area contributed by atoms with Crippen molar-refractivity contribution in [3.8, 4) is 0 Å². The molecular formula is C15H24N2O2S2. The first-order valence-corrected chi connectivity index (χ1v) is 9.98. The van der Waals surface area contributed by atoms with Crippen LogP contribution in [0.25, 0.3) is 0 Å². The van der Waals surface area contributed by atoms with Crippen LogP contribution in [-0.2, 0) is 16.6 Å². The van der Waals surface area contributed by atoms with E-state index < -0.39 is 10.0 Å². The predicted octanol–water partition coefficient (Wildman–Crippen LogP) is 2.73. The van der Waals surface area contributed by atoms with Crippen LogP contribution in [0.15, 0.2) is 10.3 Å². The Labute approximate surface area is 131 Å². The van der Waals surface area contributed by atoms with Gasteiger partial charge in [0, 0.05) is 30.1 Å². The molecule has 3 rings (SSSR count). The molecule has 0 aromatic carbocycles. The molecule has 1 saturated heterocycles. The smallest absolute Gasteiger partial charge is 0.252 e. The Morgan fingerprint density at radius 2 is 2.10 bits per heavy atom. The molecular weight excluding hydrogens is 304 g/mol. The fourth-order valence-electron chi connectivity index (χ4n) is 3.03. The predicted molar refractivity (Wildman–Crippen MR) is 86.1 cm³/mol. The topological polar surface area (TPSA) is 49.4 Å². The summed E-state index contributed by atoms with van der Waals surface area (Å²) in [7, 11) is -3.32. The summed E-state index contributed by atoms with van der Waals surface area (Å²) in [5.41, 5.74) is 1.09. The average Bonchev–Trinajstić information content (AvgIpc) is 3.06. The minimum atomic E-state index is -3.32. The zero-order valence-electron chi connectivity index (χ0n) is 12.9. The summed E-state index contributed by atoms with van der Waals surface area (Å²) in [6, 6.07) is 2.60. The fourth-order valence-corrected chi connectivity index (χ4v) is 6.46. The van der Waals surface area contributed by atoms with Crippen LogP contribution < -0.4 is 5.32 Å². The van der Waals surface area contributed by atoms with Crippen LogP contribution in [0.4, 0.5) is 0 Å². The van der Waals surface area contributed by atoms with Gasteiger partial charge in [0.1, 0.15) is 4.21 Å². The molecule has 2 aliphatic rings. The Morgan fingerprint density at radius 1 is 1.38 bits per heavy atom. The summed E-state index contributed by atoms with van der Waals surface area (Å²) < 4.78 is 27.8. The van der Waals surface area contributed by atoms with Gasteiger partial charge in [0.25, 0.3) is 10.0 Å². The number of hydrogen-bond acceptors (Lipinski definition) is 4. The third-order valence-electron chi connectivity index (χ3n) is 4.42. The summed E-state index contributed by atoms with van der Waals surface area (Å²) in [6.45, 7) is 7.59. The molecule has 118 valence electrons. The number of nitrogens with zero attached hydrogens (tertiary/aromatic N) is 1. The van der Waals surface area contributed by atoms with E-state index in [0.717, 1.165) is 23.4 Å². The minimum absolute atomic E-state index is 0.112. The molecule has 2 heterocycles. The van der Waals surface area contributed by atoms with Crippen LogP contribution in [0.5, 0.6) is 0 Å². The Kier molecular flexibility index (Phi) is 4.16. The number of nitrogens with one attached hydrogen (secondary N) is 1. The number of sulfonamides is 1. The van der Waals surface area contributed by atoms with Gasteiger partial charge in [-0.25, -0.2) is 8.42 Å². The summed E-state index contributed by atoms with van der Waals surface area (Å²) >= 11 is 1.43. The van der Waals surface area contributed by atoms with Crippen molar-refractivity contribution in [1.82, 2.24) is 9.62 Å². The standard InChI is InChI=1S/C15H24N2O2S2/c1-10-6-12(3)17(9-10)21(18,19)15-7-11(2)14(20-15)8-16-13-4-5-13/h7,10,12-13,16H,4-6,8-9H2,1-3H3. The van der Waals surface area contributed by atoms with E-state index >= 15 is 0 Å². The molecule has 0 spiro atoms. The maximum absolute atomic E-state index is 12.8. The lowest BCUT2D eigenvalue weighted by Crippen LogP contribution is -2.33. The van der Waals surface area contributed by atoms with Crippen molar-refractivity contribution in [3.63, 3.8) is 0 Å². The maximum atomic E-state index is 12.8. The first kappa shape index (κ1) is 15.5. The summed E-state index contributed by atoms with van der Waals surface area (Å²) in [6.07, 6.45) is 3.46. The quantitative estimate of drug-likeness (QED) is 0.904. The van der Waals surface area contributed by atoms with Gasteiger partial charge in [0.2, 0.25) is 0 Å². The van der Waals surface area contributed by atoms with Crippen molar-refractivity contribution >= 4 is 21.4 Å². The van der Waals surface area contributed by atoms with Crippen molar-refractivity contribution in [2.24, 2.45) is 5.92 Å². The van der Waals surface area contributed by atoms with Crippen molar-refractivity contribution < 1.29 is 8.42 Å². The first-order valence-electron chi connectivity index (χ1n) is 7.72. The number of thiophene rings is 1. The highest BCUT2D eigenvalue weighted by Gasteiger charge is 2.37. The van der Waals surface area contributed by atoms with Crippen LogP contribution in [0.1, 0.15) is 43.6 Å². The lowest BCUT2D eigenvalue weighted by atomic mass is 10.1. The van der Waals surface area contributed by atoms with E-state index in [-0.39, 0.29) is 6.04 Å². The average molecular weight is 329 g/mol. The Balaban J connectivity index is 1.80. The molecule has 1 N–H and O–H groups in total. The van der Waals surface area contributed by atoms with E-state index in [4.69, 9.17) is 0 Å². The SMILES string of the molecule is Cc1cc(S(=O)(=O)N2CC(C)CC2C)sc1CNC1CC1. The second kappa shape index (κ2) is 5.65. The highest BCUT2D eigenvalue weighted by Crippen LogP contribution is 2.34.